The number of carbonyl (C=O) groups is 1. The van der Waals surface area contributed by atoms with E-state index in [2.05, 4.69) is 5.32 Å². The van der Waals surface area contributed by atoms with Crippen LogP contribution in [0.2, 0.25) is 5.02 Å². The summed E-state index contributed by atoms with van der Waals surface area (Å²) < 4.78 is 27.0. The number of carbonyl (C=O) groups excluding carboxylic acids is 1. The second kappa shape index (κ2) is 9.92. The summed E-state index contributed by atoms with van der Waals surface area (Å²) in [5.74, 6) is -0.161. The molecular formula is C22H28ClN3O3S. The Morgan fingerprint density at radius 2 is 1.80 bits per heavy atom. The van der Waals surface area contributed by atoms with E-state index < -0.39 is 10.0 Å². The van der Waals surface area contributed by atoms with Gasteiger partial charge in [0.05, 0.1) is 10.9 Å². The fourth-order valence-electron chi connectivity index (χ4n) is 3.47. The van der Waals surface area contributed by atoms with Gasteiger partial charge in [-0.25, -0.2) is 8.42 Å². The molecule has 2 aromatic carbocycles. The second-order valence-electron chi connectivity index (χ2n) is 7.70. The number of benzene rings is 2. The molecule has 30 heavy (non-hydrogen) atoms. The molecule has 0 saturated carbocycles. The summed E-state index contributed by atoms with van der Waals surface area (Å²) in [6.45, 7) is 3.55. The second-order valence-corrected chi connectivity index (χ2v) is 10.1. The van der Waals surface area contributed by atoms with Gasteiger partial charge < -0.3 is 5.32 Å². The summed E-state index contributed by atoms with van der Waals surface area (Å²) >= 11 is 6.03. The monoisotopic (exact) mass is 449 g/mol. The minimum atomic E-state index is -3.47. The standard InChI is InChI=1S/C22H28ClN3O3S/c1-17(25(2)16-18-7-6-8-19(23)15-18)22(27)24-20-9-11-21(12-10-20)30(28,29)26-13-4-3-5-14-26/h6-12,15,17H,3-5,13-14,16H2,1-2H3,(H,24,27). The maximum atomic E-state index is 12.7. The maximum Gasteiger partial charge on any atom is 0.243 e. The number of nitrogens with one attached hydrogen (secondary N) is 1. The average molecular weight is 450 g/mol. The Morgan fingerprint density at radius 3 is 2.43 bits per heavy atom. The van der Waals surface area contributed by atoms with Crippen LogP contribution < -0.4 is 5.32 Å². The molecule has 0 spiro atoms. The zero-order chi connectivity index (χ0) is 21.7. The molecule has 1 saturated heterocycles. The van der Waals surface area contributed by atoms with Gasteiger partial charge in [0.25, 0.3) is 0 Å². The van der Waals surface area contributed by atoms with E-state index in [9.17, 15) is 13.2 Å². The number of likely N-dealkylation sites (N-methyl/N-ethyl adjacent to an activating group) is 1. The first-order valence-electron chi connectivity index (χ1n) is 10.1. The fraction of sp³-hybridized carbons (Fsp3) is 0.409. The predicted molar refractivity (Wildman–Crippen MR) is 120 cm³/mol. The predicted octanol–water partition coefficient (Wildman–Crippen LogP) is 3.97. The lowest BCUT2D eigenvalue weighted by Gasteiger charge is -2.26. The van der Waals surface area contributed by atoms with E-state index in [1.54, 1.807) is 24.3 Å². The van der Waals surface area contributed by atoms with Crippen LogP contribution in [0, 0.1) is 0 Å². The molecule has 1 aliphatic heterocycles. The van der Waals surface area contributed by atoms with Crippen molar-refractivity contribution in [3.05, 3.63) is 59.1 Å². The summed E-state index contributed by atoms with van der Waals surface area (Å²) in [7, 11) is -1.60. The van der Waals surface area contributed by atoms with Crippen LogP contribution in [0.25, 0.3) is 0 Å². The molecule has 1 amide bonds. The van der Waals surface area contributed by atoms with Crippen LogP contribution in [0.4, 0.5) is 5.69 Å². The van der Waals surface area contributed by atoms with E-state index in [-0.39, 0.29) is 16.8 Å². The van der Waals surface area contributed by atoms with Gasteiger partial charge in [0, 0.05) is 30.3 Å². The quantitative estimate of drug-likeness (QED) is 0.694. The number of hydrogen-bond donors (Lipinski definition) is 1. The van der Waals surface area contributed by atoms with E-state index in [0.29, 0.717) is 30.3 Å². The van der Waals surface area contributed by atoms with Crippen LogP contribution in [0.3, 0.4) is 0 Å². The van der Waals surface area contributed by atoms with Gasteiger partial charge in [-0.2, -0.15) is 4.31 Å². The zero-order valence-electron chi connectivity index (χ0n) is 17.3. The molecule has 0 radical (unpaired) electrons. The zero-order valence-corrected chi connectivity index (χ0v) is 18.9. The van der Waals surface area contributed by atoms with Gasteiger partial charge in [-0.1, -0.05) is 30.2 Å². The van der Waals surface area contributed by atoms with Crippen molar-refractivity contribution >= 4 is 33.2 Å². The summed E-state index contributed by atoms with van der Waals surface area (Å²) in [4.78, 5) is 14.8. The van der Waals surface area contributed by atoms with E-state index in [1.807, 2.05) is 43.1 Å². The summed E-state index contributed by atoms with van der Waals surface area (Å²) in [5, 5.41) is 3.53. The van der Waals surface area contributed by atoms with Crippen LogP contribution in [0.5, 0.6) is 0 Å². The van der Waals surface area contributed by atoms with Gasteiger partial charge in [-0.05, 0) is 68.8 Å². The lowest BCUT2D eigenvalue weighted by atomic mass is 10.2. The summed E-state index contributed by atoms with van der Waals surface area (Å²) in [5.41, 5.74) is 1.59. The molecule has 1 heterocycles. The first-order valence-corrected chi connectivity index (χ1v) is 11.9. The summed E-state index contributed by atoms with van der Waals surface area (Å²) in [6.07, 6.45) is 2.86. The van der Waals surface area contributed by atoms with Gasteiger partial charge in [0.1, 0.15) is 0 Å². The molecule has 1 aliphatic rings. The molecule has 1 unspecified atom stereocenters. The van der Waals surface area contributed by atoms with Gasteiger partial charge in [-0.3, -0.25) is 9.69 Å². The van der Waals surface area contributed by atoms with Crippen molar-refractivity contribution < 1.29 is 13.2 Å². The minimum Gasteiger partial charge on any atom is -0.325 e. The van der Waals surface area contributed by atoms with Crippen LogP contribution in [-0.4, -0.2) is 49.7 Å². The van der Waals surface area contributed by atoms with Crippen LogP contribution in [0.15, 0.2) is 53.4 Å². The van der Waals surface area contributed by atoms with Gasteiger partial charge in [-0.15, -0.1) is 0 Å². The minimum absolute atomic E-state index is 0.161. The van der Waals surface area contributed by atoms with E-state index >= 15 is 0 Å². The molecule has 0 aromatic heterocycles. The summed E-state index contributed by atoms with van der Waals surface area (Å²) in [6, 6.07) is 13.6. The molecule has 8 heteroatoms. The molecule has 162 valence electrons. The highest BCUT2D eigenvalue weighted by Gasteiger charge is 2.26. The fourth-order valence-corrected chi connectivity index (χ4v) is 5.20. The number of hydrogen-bond acceptors (Lipinski definition) is 4. The van der Waals surface area contributed by atoms with Gasteiger partial charge >= 0.3 is 0 Å². The first-order chi connectivity index (χ1) is 14.3. The van der Waals surface area contributed by atoms with Crippen molar-refractivity contribution in [1.82, 2.24) is 9.21 Å². The Hall–Kier alpha value is -1.93. The molecular weight excluding hydrogens is 422 g/mol. The molecule has 3 rings (SSSR count). The average Bonchev–Trinajstić information content (AvgIpc) is 2.74. The Morgan fingerprint density at radius 1 is 1.13 bits per heavy atom. The van der Waals surface area contributed by atoms with Crippen LogP contribution in [0.1, 0.15) is 31.7 Å². The van der Waals surface area contributed by atoms with Crippen LogP contribution >= 0.6 is 11.6 Å². The Labute approximate surface area is 183 Å². The lowest BCUT2D eigenvalue weighted by molar-refractivity contribution is -0.120. The lowest BCUT2D eigenvalue weighted by Crippen LogP contribution is -2.39. The van der Waals surface area contributed by atoms with Gasteiger partial charge in [0.2, 0.25) is 15.9 Å². The van der Waals surface area contributed by atoms with Crippen molar-refractivity contribution in [3.8, 4) is 0 Å². The largest absolute Gasteiger partial charge is 0.325 e. The Balaban J connectivity index is 1.60. The Kier molecular flexibility index (Phi) is 7.52. The number of nitrogens with zero attached hydrogens (tertiary/aromatic N) is 2. The van der Waals surface area contributed by atoms with Crippen molar-refractivity contribution in [2.45, 2.75) is 43.7 Å². The Bertz CT molecular complexity index is 973. The molecule has 0 aliphatic carbocycles. The molecule has 1 atom stereocenters. The molecule has 1 N–H and O–H groups in total. The van der Waals surface area contributed by atoms with E-state index in [0.717, 1.165) is 24.8 Å². The van der Waals surface area contributed by atoms with Crippen molar-refractivity contribution in [2.24, 2.45) is 0 Å². The van der Waals surface area contributed by atoms with E-state index in [1.165, 1.54) is 4.31 Å². The number of anilines is 1. The number of sulfonamides is 1. The highest BCUT2D eigenvalue weighted by atomic mass is 35.5. The van der Waals surface area contributed by atoms with Gasteiger partial charge in [0.15, 0.2) is 0 Å². The van der Waals surface area contributed by atoms with Crippen molar-refractivity contribution in [2.75, 3.05) is 25.5 Å². The highest BCUT2D eigenvalue weighted by molar-refractivity contribution is 7.89. The SMILES string of the molecule is CC(C(=O)Nc1ccc(S(=O)(=O)N2CCCCC2)cc1)N(C)Cc1cccc(Cl)c1. The number of amides is 1. The first kappa shape index (κ1) is 22.7. The third-order valence-corrected chi connectivity index (χ3v) is 7.58. The van der Waals surface area contributed by atoms with E-state index in [4.69, 9.17) is 11.6 Å². The van der Waals surface area contributed by atoms with Crippen molar-refractivity contribution in [1.29, 1.82) is 0 Å². The molecule has 2 aromatic rings. The third-order valence-electron chi connectivity index (χ3n) is 5.44. The smallest absolute Gasteiger partial charge is 0.243 e. The molecule has 0 bridgehead atoms. The van der Waals surface area contributed by atoms with Crippen LogP contribution in [-0.2, 0) is 21.4 Å². The topological polar surface area (TPSA) is 69.7 Å². The maximum absolute atomic E-state index is 12.7. The highest BCUT2D eigenvalue weighted by Crippen LogP contribution is 2.22. The third kappa shape index (κ3) is 5.60. The number of piperidine rings is 1. The normalized spacial score (nSPS) is 16.4. The van der Waals surface area contributed by atoms with Crippen molar-refractivity contribution in [3.63, 3.8) is 0 Å². The number of rotatable bonds is 7. The molecule has 6 nitrogen and oxygen atoms in total. The number of halogens is 1. The molecule has 1 fully saturated rings.